The van der Waals surface area contributed by atoms with E-state index >= 15 is 0 Å². The number of carboxylic acid groups (broad SMARTS) is 1. The molecule has 1 rings (SSSR count). The fourth-order valence-electron chi connectivity index (χ4n) is 3.23. The summed E-state index contributed by atoms with van der Waals surface area (Å²) in [6.45, 7) is 0.187. The van der Waals surface area contributed by atoms with Gasteiger partial charge in [0.15, 0.2) is 5.96 Å². The number of hydrogen-bond acceptors (Lipinski definition) is 9. The van der Waals surface area contributed by atoms with Gasteiger partial charge in [0.05, 0.1) is 6.04 Å². The van der Waals surface area contributed by atoms with Crippen molar-refractivity contribution < 1.29 is 29.4 Å². The monoisotopic (exact) mass is 571 g/mol. The van der Waals surface area contributed by atoms with Crippen LogP contribution in [0.5, 0.6) is 5.75 Å². The molecule has 0 aliphatic carbocycles. The Balaban J connectivity index is 2.95. The number of carboxylic acids is 1. The standard InChI is InChI=1S/C23H37N7O6S2/c1-38-10-8-15(24)19(32)29-17(11-13-4-6-14(31)7-5-13)20(33)30-18(12-37)21(34)28-16(22(35)36)3-2-9-27-23(25)26/h4-7,15-18,31,37H,2-3,8-12,24H2,1H3,(H,28,34)(H,29,32)(H,30,33)(H,35,36)(H4,25,26,27). The predicted octanol–water partition coefficient (Wildman–Crippen LogP) is -1.46. The first-order valence-corrected chi connectivity index (χ1v) is 13.8. The minimum absolute atomic E-state index is 0.0379. The molecule has 0 bridgehead atoms. The third-order valence-electron chi connectivity index (χ3n) is 5.35. The van der Waals surface area contributed by atoms with Crippen LogP contribution in [0.3, 0.4) is 0 Å². The van der Waals surface area contributed by atoms with E-state index in [1.54, 1.807) is 12.1 Å². The molecule has 0 saturated carbocycles. The minimum atomic E-state index is -1.26. The number of rotatable bonds is 17. The van der Waals surface area contributed by atoms with Crippen LogP contribution < -0.4 is 33.2 Å². The average Bonchev–Trinajstić information content (AvgIpc) is 2.87. The first-order chi connectivity index (χ1) is 18.0. The quantitative estimate of drug-likeness (QED) is 0.0456. The number of thiol groups is 1. The Morgan fingerprint density at radius 2 is 1.55 bits per heavy atom. The maximum atomic E-state index is 13.2. The number of carbonyl (C=O) groups excluding carboxylic acids is 3. The fourth-order valence-corrected chi connectivity index (χ4v) is 3.98. The van der Waals surface area contributed by atoms with Crippen molar-refractivity contribution in [3.8, 4) is 5.75 Å². The summed E-state index contributed by atoms with van der Waals surface area (Å²) in [6, 6.07) is 1.72. The van der Waals surface area contributed by atoms with Gasteiger partial charge >= 0.3 is 5.97 Å². The van der Waals surface area contributed by atoms with Gasteiger partial charge < -0.3 is 43.4 Å². The van der Waals surface area contributed by atoms with Gasteiger partial charge in [-0.15, -0.1) is 0 Å². The van der Waals surface area contributed by atoms with Gasteiger partial charge in [0.25, 0.3) is 0 Å². The summed E-state index contributed by atoms with van der Waals surface area (Å²) in [5, 5.41) is 26.5. The van der Waals surface area contributed by atoms with Crippen molar-refractivity contribution in [3.05, 3.63) is 29.8 Å². The summed E-state index contributed by atoms with van der Waals surface area (Å²) >= 11 is 5.66. The molecule has 1 aromatic carbocycles. The number of benzene rings is 1. The molecule has 0 fully saturated rings. The van der Waals surface area contributed by atoms with Crippen LogP contribution in [-0.2, 0) is 25.6 Å². The Hall–Kier alpha value is -3.17. The molecule has 38 heavy (non-hydrogen) atoms. The predicted molar refractivity (Wildman–Crippen MR) is 150 cm³/mol. The lowest BCUT2D eigenvalue weighted by Crippen LogP contribution is -2.58. The highest BCUT2D eigenvalue weighted by Crippen LogP contribution is 2.12. The molecule has 0 radical (unpaired) electrons. The molecule has 0 spiro atoms. The molecule has 212 valence electrons. The third-order valence-corrected chi connectivity index (χ3v) is 6.36. The summed E-state index contributed by atoms with van der Waals surface area (Å²) in [4.78, 5) is 54.0. The van der Waals surface area contributed by atoms with Crippen molar-refractivity contribution in [3.63, 3.8) is 0 Å². The van der Waals surface area contributed by atoms with Gasteiger partial charge in [-0.05, 0) is 49.0 Å². The Bertz CT molecular complexity index is 960. The van der Waals surface area contributed by atoms with Crippen molar-refractivity contribution in [1.82, 2.24) is 16.0 Å². The van der Waals surface area contributed by atoms with Crippen LogP contribution in [0, 0.1) is 0 Å². The smallest absolute Gasteiger partial charge is 0.326 e. The van der Waals surface area contributed by atoms with Crippen LogP contribution in [0.4, 0.5) is 0 Å². The number of aliphatic carboxylic acids is 1. The molecule has 13 nitrogen and oxygen atoms in total. The van der Waals surface area contributed by atoms with Crippen LogP contribution in [0.15, 0.2) is 29.3 Å². The number of phenolic OH excluding ortho intramolecular Hbond substituents is 1. The van der Waals surface area contributed by atoms with E-state index in [-0.39, 0.29) is 36.8 Å². The first kappa shape index (κ1) is 32.9. The Morgan fingerprint density at radius 1 is 0.974 bits per heavy atom. The summed E-state index contributed by atoms with van der Waals surface area (Å²) in [5.41, 5.74) is 17.1. The van der Waals surface area contributed by atoms with Crippen molar-refractivity contribution in [2.24, 2.45) is 22.2 Å². The number of nitrogens with two attached hydrogens (primary N) is 3. The number of nitrogens with zero attached hydrogens (tertiary/aromatic N) is 1. The molecule has 1 aromatic rings. The summed E-state index contributed by atoms with van der Waals surface area (Å²) in [5.74, 6) is -2.80. The van der Waals surface area contributed by atoms with Crippen molar-refractivity contribution >= 4 is 54.0 Å². The van der Waals surface area contributed by atoms with Gasteiger partial charge in [-0.25, -0.2) is 4.79 Å². The fraction of sp³-hybridized carbons (Fsp3) is 0.522. The Kier molecular flexibility index (Phi) is 15.0. The van der Waals surface area contributed by atoms with E-state index in [9.17, 15) is 29.4 Å². The second kappa shape index (κ2) is 17.4. The van der Waals surface area contributed by atoms with Crippen molar-refractivity contribution in [2.45, 2.75) is 49.9 Å². The molecule has 4 unspecified atom stereocenters. The number of nitrogens with one attached hydrogen (secondary N) is 3. The van der Waals surface area contributed by atoms with Crippen LogP contribution in [-0.4, -0.2) is 88.3 Å². The molecule has 4 atom stereocenters. The summed E-state index contributed by atoms with van der Waals surface area (Å²) < 4.78 is 0. The molecule has 0 aromatic heterocycles. The Morgan fingerprint density at radius 3 is 2.11 bits per heavy atom. The van der Waals surface area contributed by atoms with E-state index in [2.05, 4.69) is 33.6 Å². The summed E-state index contributed by atoms with van der Waals surface area (Å²) in [6.07, 6.45) is 2.69. The molecule has 11 N–H and O–H groups in total. The SMILES string of the molecule is CSCCC(N)C(=O)NC(Cc1ccc(O)cc1)C(=O)NC(CS)C(=O)NC(CCCN=C(N)N)C(=O)O. The minimum Gasteiger partial charge on any atom is -0.508 e. The second-order valence-electron chi connectivity index (χ2n) is 8.41. The van der Waals surface area contributed by atoms with E-state index in [0.29, 0.717) is 24.2 Å². The van der Waals surface area contributed by atoms with Crippen molar-refractivity contribution in [1.29, 1.82) is 0 Å². The lowest BCUT2D eigenvalue weighted by Gasteiger charge is -2.24. The highest BCUT2D eigenvalue weighted by Gasteiger charge is 2.29. The van der Waals surface area contributed by atoms with Gasteiger partial charge in [0.1, 0.15) is 23.9 Å². The number of hydrogen-bond donors (Lipinski definition) is 9. The zero-order chi connectivity index (χ0) is 28.7. The molecule has 3 amide bonds. The number of carbonyl (C=O) groups is 4. The molecular formula is C23H37N7O6S2. The number of phenols is 1. The number of aliphatic imine (C=N–C) groups is 1. The van der Waals surface area contributed by atoms with E-state index < -0.39 is 47.9 Å². The van der Waals surface area contributed by atoms with Crippen LogP contribution >= 0.6 is 24.4 Å². The molecule has 15 heteroatoms. The number of thioether (sulfide) groups is 1. The van der Waals surface area contributed by atoms with Crippen LogP contribution in [0.25, 0.3) is 0 Å². The normalized spacial score (nSPS) is 13.9. The maximum Gasteiger partial charge on any atom is 0.326 e. The average molecular weight is 572 g/mol. The highest BCUT2D eigenvalue weighted by atomic mass is 32.2. The maximum absolute atomic E-state index is 13.2. The van der Waals surface area contributed by atoms with Crippen molar-refractivity contribution in [2.75, 3.05) is 24.3 Å². The van der Waals surface area contributed by atoms with E-state index in [1.807, 2.05) is 6.26 Å². The molecule has 0 aliphatic rings. The van der Waals surface area contributed by atoms with Gasteiger partial charge in [-0.1, -0.05) is 12.1 Å². The topological polar surface area (TPSA) is 235 Å². The highest BCUT2D eigenvalue weighted by molar-refractivity contribution is 7.98. The lowest BCUT2D eigenvalue weighted by molar-refractivity contribution is -0.142. The van der Waals surface area contributed by atoms with Gasteiger partial charge in [-0.3, -0.25) is 19.4 Å². The van der Waals surface area contributed by atoms with E-state index in [4.69, 9.17) is 17.2 Å². The van der Waals surface area contributed by atoms with E-state index in [1.165, 1.54) is 23.9 Å². The van der Waals surface area contributed by atoms with Gasteiger partial charge in [-0.2, -0.15) is 24.4 Å². The van der Waals surface area contributed by atoms with Crippen LogP contribution in [0.1, 0.15) is 24.8 Å². The van der Waals surface area contributed by atoms with E-state index in [0.717, 1.165) is 0 Å². The number of guanidine groups is 1. The zero-order valence-electron chi connectivity index (χ0n) is 21.1. The van der Waals surface area contributed by atoms with Gasteiger partial charge in [0, 0.05) is 18.7 Å². The first-order valence-electron chi connectivity index (χ1n) is 11.8. The zero-order valence-corrected chi connectivity index (χ0v) is 22.8. The van der Waals surface area contributed by atoms with Gasteiger partial charge in [0.2, 0.25) is 17.7 Å². The van der Waals surface area contributed by atoms with Crippen LogP contribution in [0.2, 0.25) is 0 Å². The summed E-state index contributed by atoms with van der Waals surface area (Å²) in [7, 11) is 0. The lowest BCUT2D eigenvalue weighted by atomic mass is 10.0. The largest absolute Gasteiger partial charge is 0.508 e. The molecular weight excluding hydrogens is 534 g/mol. The Labute approximate surface area is 231 Å². The molecule has 0 aliphatic heterocycles. The number of amides is 3. The second-order valence-corrected chi connectivity index (χ2v) is 9.76. The molecule has 0 heterocycles. The number of aromatic hydroxyl groups is 1. The molecule has 0 saturated heterocycles. The third kappa shape index (κ3) is 12.4.